The topological polar surface area (TPSA) is 48.5 Å². The molecule has 5 nitrogen and oxygen atoms in total. The van der Waals surface area contributed by atoms with Gasteiger partial charge in [-0.3, -0.25) is 4.68 Å². The molecule has 4 rings (SSSR count). The molecular formula is C20H27Cl2F4N5. The fourth-order valence-corrected chi connectivity index (χ4v) is 4.18. The Morgan fingerprint density at radius 3 is 2.10 bits per heavy atom. The van der Waals surface area contributed by atoms with Crippen molar-refractivity contribution in [2.75, 3.05) is 0 Å². The highest BCUT2D eigenvalue weighted by Gasteiger charge is 2.53. The third-order valence-corrected chi connectivity index (χ3v) is 6.07. The van der Waals surface area contributed by atoms with E-state index in [1.807, 2.05) is 0 Å². The number of halogens is 6. The fraction of sp³-hybridized carbons (Fsp3) is 0.750. The van der Waals surface area contributed by atoms with Gasteiger partial charge in [0.1, 0.15) is 11.5 Å². The lowest BCUT2D eigenvalue weighted by atomic mass is 9.94. The van der Waals surface area contributed by atoms with E-state index in [0.717, 1.165) is 31.0 Å². The Morgan fingerprint density at radius 2 is 1.61 bits per heavy atom. The molecule has 11 heteroatoms. The zero-order chi connectivity index (χ0) is 23.2. The first-order valence-corrected chi connectivity index (χ1v) is 11.2. The molecular weight excluding hydrogens is 457 g/mol. The average molecular weight is 484 g/mol. The van der Waals surface area contributed by atoms with Gasteiger partial charge >= 0.3 is 10.8 Å². The number of hydrogen-bond donors (Lipinski definition) is 0. The molecule has 0 saturated heterocycles. The molecule has 0 radical (unpaired) electrons. The van der Waals surface area contributed by atoms with Crippen LogP contribution >= 0.6 is 23.2 Å². The molecule has 0 N–H and O–H groups in total. The largest absolute Gasteiger partial charge is 0.452 e. The first-order chi connectivity index (χ1) is 14.3. The summed E-state index contributed by atoms with van der Waals surface area (Å²) < 4.78 is 44.6. The lowest BCUT2D eigenvalue weighted by Gasteiger charge is -2.24. The van der Waals surface area contributed by atoms with Crippen molar-refractivity contribution in [3.63, 3.8) is 0 Å². The summed E-state index contributed by atoms with van der Waals surface area (Å²) in [4.78, 5) is 0. The van der Waals surface area contributed by atoms with Gasteiger partial charge < -0.3 is 4.57 Å². The van der Waals surface area contributed by atoms with E-state index in [9.17, 15) is 17.6 Å². The van der Waals surface area contributed by atoms with Crippen LogP contribution in [0.3, 0.4) is 0 Å². The lowest BCUT2D eigenvalue weighted by Crippen LogP contribution is -2.28. The molecule has 3 heterocycles. The number of aromatic nitrogens is 5. The molecule has 31 heavy (non-hydrogen) atoms. The minimum atomic E-state index is -5.20. The summed E-state index contributed by atoms with van der Waals surface area (Å²) in [6.45, 7) is 9.83. The van der Waals surface area contributed by atoms with Crippen molar-refractivity contribution in [2.24, 2.45) is 0 Å². The van der Waals surface area contributed by atoms with Crippen LogP contribution < -0.4 is 0 Å². The third kappa shape index (κ3) is 4.87. The van der Waals surface area contributed by atoms with Crippen LogP contribution in [0, 0.1) is 0 Å². The third-order valence-electron chi connectivity index (χ3n) is 5.64. The van der Waals surface area contributed by atoms with Crippen molar-refractivity contribution in [1.29, 1.82) is 0 Å². The van der Waals surface area contributed by atoms with Crippen molar-refractivity contribution >= 4 is 23.2 Å². The fourth-order valence-electron chi connectivity index (χ4n) is 4.18. The molecule has 0 aromatic carbocycles. The van der Waals surface area contributed by atoms with E-state index in [1.54, 1.807) is 0 Å². The standard InChI is InChI=1S/C18H27N5.C2Cl2F4/c1-5-14-13-10-11-22-16(19-20-17(22)18(2,3)4)15(13)23(21-14)12-8-6-7-9-12;3-1(4,5)2(6,7)8/h12H,5-11H2,1-4H3;. The number of aryl methyl sites for hydroxylation is 1. The van der Waals surface area contributed by atoms with Gasteiger partial charge in [0.25, 0.3) is 0 Å². The predicted octanol–water partition coefficient (Wildman–Crippen LogP) is 6.32. The molecule has 2 aromatic rings. The van der Waals surface area contributed by atoms with Crippen molar-refractivity contribution < 1.29 is 17.6 Å². The highest BCUT2D eigenvalue weighted by atomic mass is 35.5. The van der Waals surface area contributed by atoms with Crippen LogP contribution in [0.1, 0.15) is 76.5 Å². The van der Waals surface area contributed by atoms with Gasteiger partial charge in [-0.1, -0.05) is 63.7 Å². The maximum atomic E-state index is 11.3. The maximum absolute atomic E-state index is 11.3. The summed E-state index contributed by atoms with van der Waals surface area (Å²) in [6, 6.07) is 0.547. The Kier molecular flexibility index (Phi) is 6.69. The van der Waals surface area contributed by atoms with E-state index in [4.69, 9.17) is 5.10 Å². The monoisotopic (exact) mass is 483 g/mol. The Balaban J connectivity index is 0.000000293. The van der Waals surface area contributed by atoms with Gasteiger partial charge in [0.15, 0.2) is 5.82 Å². The second kappa shape index (κ2) is 8.54. The van der Waals surface area contributed by atoms with Crippen molar-refractivity contribution in [3.05, 3.63) is 17.1 Å². The quantitative estimate of drug-likeness (QED) is 0.370. The molecule has 2 aromatic heterocycles. The van der Waals surface area contributed by atoms with Crippen LogP contribution in [-0.4, -0.2) is 35.3 Å². The average Bonchev–Trinajstić information content (AvgIpc) is 3.36. The van der Waals surface area contributed by atoms with Crippen LogP contribution in [0.5, 0.6) is 0 Å². The van der Waals surface area contributed by atoms with Gasteiger partial charge in [0.2, 0.25) is 0 Å². The highest BCUT2D eigenvalue weighted by Crippen LogP contribution is 2.41. The van der Waals surface area contributed by atoms with E-state index in [-0.39, 0.29) is 5.41 Å². The molecule has 1 fully saturated rings. The first kappa shape index (κ1) is 24.3. The molecule has 0 spiro atoms. The van der Waals surface area contributed by atoms with E-state index in [2.05, 4.69) is 70.3 Å². The number of alkyl halides is 6. The number of fused-ring (bicyclic) bond motifs is 3. The lowest BCUT2D eigenvalue weighted by molar-refractivity contribution is -0.170. The van der Waals surface area contributed by atoms with Gasteiger partial charge in [0.05, 0.1) is 11.7 Å². The summed E-state index contributed by atoms with van der Waals surface area (Å²) in [5.74, 6) is 2.13. The molecule has 1 saturated carbocycles. The Hall–Kier alpha value is -1.35. The maximum Gasteiger partial charge on any atom is 0.452 e. The Bertz CT molecular complexity index is 904. The Morgan fingerprint density at radius 1 is 1.03 bits per heavy atom. The van der Waals surface area contributed by atoms with Crippen LogP contribution in [0.15, 0.2) is 0 Å². The molecule has 0 atom stereocenters. The summed E-state index contributed by atoms with van der Waals surface area (Å²) in [6.07, 6.45) is 1.99. The van der Waals surface area contributed by atoms with Crippen molar-refractivity contribution in [2.45, 2.75) is 95.0 Å². The molecule has 1 aliphatic carbocycles. The van der Waals surface area contributed by atoms with Gasteiger partial charge in [-0.15, -0.1) is 10.2 Å². The van der Waals surface area contributed by atoms with E-state index >= 15 is 0 Å². The van der Waals surface area contributed by atoms with Crippen LogP contribution in [0.25, 0.3) is 11.5 Å². The minimum Gasteiger partial charge on any atom is -0.309 e. The molecule has 0 bridgehead atoms. The number of hydrogen-bond acceptors (Lipinski definition) is 3. The van der Waals surface area contributed by atoms with E-state index in [0.29, 0.717) is 6.04 Å². The first-order valence-electron chi connectivity index (χ1n) is 10.4. The summed E-state index contributed by atoms with van der Waals surface area (Å²) in [5, 5.41) is 14.1. The SMILES string of the molecule is CCc1nn(C2CCCC2)c2c1CCn1c-2nnc1C(C)(C)C.FC(F)(F)C(F)(Cl)Cl. The summed E-state index contributed by atoms with van der Waals surface area (Å²) in [7, 11) is 0. The second-order valence-electron chi connectivity index (χ2n) is 9.00. The molecule has 2 aliphatic rings. The van der Waals surface area contributed by atoms with Crippen molar-refractivity contribution in [3.8, 4) is 11.5 Å². The van der Waals surface area contributed by atoms with Crippen LogP contribution in [0.2, 0.25) is 0 Å². The van der Waals surface area contributed by atoms with Gasteiger partial charge in [-0.2, -0.15) is 22.7 Å². The smallest absolute Gasteiger partial charge is 0.309 e. The minimum absolute atomic E-state index is 0.0224. The zero-order valence-corrected chi connectivity index (χ0v) is 19.5. The normalized spacial score (nSPS) is 17.2. The van der Waals surface area contributed by atoms with E-state index < -0.39 is 10.8 Å². The van der Waals surface area contributed by atoms with Crippen molar-refractivity contribution in [1.82, 2.24) is 24.5 Å². The van der Waals surface area contributed by atoms with Crippen LogP contribution in [-0.2, 0) is 24.8 Å². The van der Waals surface area contributed by atoms with Gasteiger partial charge in [-0.25, -0.2) is 0 Å². The van der Waals surface area contributed by atoms with Gasteiger partial charge in [0, 0.05) is 17.5 Å². The predicted molar refractivity (Wildman–Crippen MR) is 112 cm³/mol. The number of nitrogens with zero attached hydrogens (tertiary/aromatic N) is 5. The highest BCUT2D eigenvalue weighted by molar-refractivity contribution is 6.47. The molecule has 0 unspecified atom stereocenters. The zero-order valence-electron chi connectivity index (χ0n) is 18.0. The van der Waals surface area contributed by atoms with Gasteiger partial charge in [-0.05, 0) is 25.7 Å². The summed E-state index contributed by atoms with van der Waals surface area (Å²) in [5.41, 5.74) is 3.95. The number of rotatable bonds is 2. The Labute approximate surface area is 189 Å². The second-order valence-corrected chi connectivity index (χ2v) is 10.2. The van der Waals surface area contributed by atoms with E-state index in [1.165, 1.54) is 42.6 Å². The molecule has 174 valence electrons. The molecule has 1 aliphatic heterocycles. The summed E-state index contributed by atoms with van der Waals surface area (Å²) >= 11 is 7.97. The molecule has 0 amide bonds. The van der Waals surface area contributed by atoms with Crippen LogP contribution in [0.4, 0.5) is 17.6 Å².